The van der Waals surface area contributed by atoms with Crippen LogP contribution in [0.5, 0.6) is 5.75 Å². The van der Waals surface area contributed by atoms with E-state index in [2.05, 4.69) is 12.2 Å². The van der Waals surface area contributed by atoms with Crippen molar-refractivity contribution in [3.63, 3.8) is 0 Å². The zero-order chi connectivity index (χ0) is 23.7. The Morgan fingerprint density at radius 2 is 1.84 bits per heavy atom. The molecule has 5 nitrogen and oxygen atoms in total. The van der Waals surface area contributed by atoms with Crippen molar-refractivity contribution in [1.29, 1.82) is 0 Å². The highest BCUT2D eigenvalue weighted by atomic mass is 35.5. The first-order chi connectivity index (χ1) is 15.3. The Bertz CT molecular complexity index is 933. The van der Waals surface area contributed by atoms with Crippen molar-refractivity contribution in [3.05, 3.63) is 63.1 Å². The van der Waals surface area contributed by atoms with Crippen molar-refractivity contribution < 1.29 is 14.3 Å². The summed E-state index contributed by atoms with van der Waals surface area (Å²) in [6.45, 7) is 8.44. The van der Waals surface area contributed by atoms with Crippen LogP contribution in [0.1, 0.15) is 49.8 Å². The van der Waals surface area contributed by atoms with Crippen LogP contribution in [0.2, 0.25) is 10.0 Å². The number of aryl methyl sites for hydroxylation is 2. The summed E-state index contributed by atoms with van der Waals surface area (Å²) in [5, 5.41) is 3.91. The predicted octanol–water partition coefficient (Wildman–Crippen LogP) is 5.71. The van der Waals surface area contributed by atoms with E-state index in [9.17, 15) is 9.59 Å². The standard InChI is InChI=1S/C25H32Cl2N2O3/c1-5-7-12-28-25(31)22(6-2)29(15-19-10-11-20(26)14-21(19)27)24(30)16-32-23-13-17(3)8-9-18(23)4/h8-11,13-14,22H,5-7,12,15-16H2,1-4H3,(H,28,31)/t22-/m0/s1. The van der Waals surface area contributed by atoms with Gasteiger partial charge in [-0.1, -0.05) is 61.7 Å². The summed E-state index contributed by atoms with van der Waals surface area (Å²) in [7, 11) is 0. The van der Waals surface area contributed by atoms with Gasteiger partial charge in [-0.2, -0.15) is 0 Å². The van der Waals surface area contributed by atoms with E-state index in [-0.39, 0.29) is 25.0 Å². The van der Waals surface area contributed by atoms with E-state index in [1.165, 1.54) is 0 Å². The molecule has 2 amide bonds. The molecule has 2 rings (SSSR count). The van der Waals surface area contributed by atoms with Gasteiger partial charge in [0.2, 0.25) is 5.91 Å². The normalized spacial score (nSPS) is 11.7. The molecule has 0 bridgehead atoms. The fourth-order valence-electron chi connectivity index (χ4n) is 3.34. The number of halogens is 2. The highest BCUT2D eigenvalue weighted by Gasteiger charge is 2.29. The molecule has 0 spiro atoms. The number of ether oxygens (including phenoxy) is 1. The lowest BCUT2D eigenvalue weighted by Crippen LogP contribution is -2.50. The second-order valence-electron chi connectivity index (χ2n) is 7.88. The van der Waals surface area contributed by atoms with Gasteiger partial charge >= 0.3 is 0 Å². The summed E-state index contributed by atoms with van der Waals surface area (Å²) < 4.78 is 5.84. The molecule has 0 aliphatic carbocycles. The highest BCUT2D eigenvalue weighted by molar-refractivity contribution is 6.35. The van der Waals surface area contributed by atoms with Gasteiger partial charge in [-0.3, -0.25) is 9.59 Å². The second kappa shape index (κ2) is 12.7. The maximum Gasteiger partial charge on any atom is 0.261 e. The van der Waals surface area contributed by atoms with Crippen LogP contribution in [-0.4, -0.2) is 35.9 Å². The molecule has 32 heavy (non-hydrogen) atoms. The van der Waals surface area contributed by atoms with E-state index >= 15 is 0 Å². The average molecular weight is 479 g/mol. The van der Waals surface area contributed by atoms with Crippen LogP contribution < -0.4 is 10.1 Å². The Balaban J connectivity index is 2.25. The lowest BCUT2D eigenvalue weighted by Gasteiger charge is -2.31. The first-order valence-corrected chi connectivity index (χ1v) is 11.7. The zero-order valence-electron chi connectivity index (χ0n) is 19.2. The molecular weight excluding hydrogens is 447 g/mol. The summed E-state index contributed by atoms with van der Waals surface area (Å²) in [5.74, 6) is 0.198. The van der Waals surface area contributed by atoms with Gasteiger partial charge in [0.05, 0.1) is 0 Å². The van der Waals surface area contributed by atoms with Crippen molar-refractivity contribution >= 4 is 35.0 Å². The summed E-state index contributed by atoms with van der Waals surface area (Å²) in [4.78, 5) is 27.7. The minimum absolute atomic E-state index is 0.172. The molecule has 0 radical (unpaired) electrons. The third-order valence-corrected chi connectivity index (χ3v) is 5.85. The molecule has 2 aromatic carbocycles. The largest absolute Gasteiger partial charge is 0.483 e. The summed E-state index contributed by atoms with van der Waals surface area (Å²) in [6, 6.07) is 10.4. The number of amides is 2. The number of benzene rings is 2. The lowest BCUT2D eigenvalue weighted by atomic mass is 10.1. The van der Waals surface area contributed by atoms with E-state index in [1.54, 1.807) is 23.1 Å². The van der Waals surface area contributed by atoms with Crippen LogP contribution in [0.25, 0.3) is 0 Å². The molecule has 1 atom stereocenters. The molecule has 0 saturated heterocycles. The van der Waals surface area contributed by atoms with Gasteiger partial charge in [-0.15, -0.1) is 0 Å². The van der Waals surface area contributed by atoms with Crippen molar-refractivity contribution in [2.45, 2.75) is 59.5 Å². The maximum atomic E-state index is 13.3. The number of hydrogen-bond donors (Lipinski definition) is 1. The maximum absolute atomic E-state index is 13.3. The lowest BCUT2D eigenvalue weighted by molar-refractivity contribution is -0.143. The van der Waals surface area contributed by atoms with Gasteiger partial charge < -0.3 is 15.0 Å². The first kappa shape index (κ1) is 26.0. The molecule has 1 N–H and O–H groups in total. The molecule has 174 valence electrons. The number of hydrogen-bond acceptors (Lipinski definition) is 3. The Morgan fingerprint density at radius 3 is 2.50 bits per heavy atom. The van der Waals surface area contributed by atoms with Crippen LogP contribution in [-0.2, 0) is 16.1 Å². The quantitative estimate of drug-likeness (QED) is 0.420. The Hall–Kier alpha value is -2.24. The third kappa shape index (κ3) is 7.42. The van der Waals surface area contributed by atoms with E-state index in [0.29, 0.717) is 28.8 Å². The molecule has 7 heteroatoms. The monoisotopic (exact) mass is 478 g/mol. The van der Waals surface area contributed by atoms with E-state index in [4.69, 9.17) is 27.9 Å². The molecule has 0 heterocycles. The summed E-state index contributed by atoms with van der Waals surface area (Å²) in [6.07, 6.45) is 2.33. The van der Waals surface area contributed by atoms with Gasteiger partial charge in [0.15, 0.2) is 6.61 Å². The first-order valence-electron chi connectivity index (χ1n) is 11.0. The van der Waals surface area contributed by atoms with Gasteiger partial charge in [0, 0.05) is 23.1 Å². The topological polar surface area (TPSA) is 58.6 Å². The highest BCUT2D eigenvalue weighted by Crippen LogP contribution is 2.24. The Labute approximate surface area is 201 Å². The predicted molar refractivity (Wildman–Crippen MR) is 130 cm³/mol. The number of rotatable bonds is 11. The third-order valence-electron chi connectivity index (χ3n) is 5.27. The van der Waals surface area contributed by atoms with Crippen molar-refractivity contribution in [3.8, 4) is 5.75 Å². The number of unbranched alkanes of at least 4 members (excludes halogenated alkanes) is 1. The summed E-state index contributed by atoms with van der Waals surface area (Å²) in [5.41, 5.74) is 2.71. The fourth-order valence-corrected chi connectivity index (χ4v) is 3.81. The fraction of sp³-hybridized carbons (Fsp3) is 0.440. The second-order valence-corrected chi connectivity index (χ2v) is 8.73. The van der Waals surface area contributed by atoms with Gasteiger partial charge in [-0.05, 0) is 61.6 Å². The van der Waals surface area contributed by atoms with Gasteiger partial charge in [0.1, 0.15) is 11.8 Å². The van der Waals surface area contributed by atoms with Crippen LogP contribution in [0.4, 0.5) is 0 Å². The van der Waals surface area contributed by atoms with E-state index in [1.807, 2.05) is 39.0 Å². The van der Waals surface area contributed by atoms with E-state index in [0.717, 1.165) is 29.5 Å². The number of nitrogens with zero attached hydrogens (tertiary/aromatic N) is 1. The zero-order valence-corrected chi connectivity index (χ0v) is 20.7. The molecular formula is C25H32Cl2N2O3. The summed E-state index contributed by atoms with van der Waals surface area (Å²) >= 11 is 12.4. The molecule has 0 unspecified atom stereocenters. The number of carbonyl (C=O) groups excluding carboxylic acids is 2. The molecule has 0 aliphatic heterocycles. The number of carbonyl (C=O) groups is 2. The van der Waals surface area contributed by atoms with Crippen LogP contribution >= 0.6 is 23.2 Å². The molecule has 0 aliphatic rings. The molecule has 2 aromatic rings. The molecule has 0 aromatic heterocycles. The minimum Gasteiger partial charge on any atom is -0.483 e. The van der Waals surface area contributed by atoms with Crippen molar-refractivity contribution in [2.24, 2.45) is 0 Å². The Morgan fingerprint density at radius 1 is 1.09 bits per heavy atom. The SMILES string of the molecule is CCCCNC(=O)[C@H](CC)N(Cc1ccc(Cl)cc1Cl)C(=O)COc1cc(C)ccc1C. The van der Waals surface area contributed by atoms with Gasteiger partial charge in [0.25, 0.3) is 5.91 Å². The molecule has 0 fully saturated rings. The van der Waals surface area contributed by atoms with Crippen LogP contribution in [0, 0.1) is 13.8 Å². The van der Waals surface area contributed by atoms with Gasteiger partial charge in [-0.25, -0.2) is 0 Å². The molecule has 0 saturated carbocycles. The smallest absolute Gasteiger partial charge is 0.261 e. The Kier molecular flexibility index (Phi) is 10.3. The van der Waals surface area contributed by atoms with Crippen molar-refractivity contribution in [1.82, 2.24) is 10.2 Å². The minimum atomic E-state index is -0.631. The van der Waals surface area contributed by atoms with E-state index < -0.39 is 6.04 Å². The number of nitrogens with one attached hydrogen (secondary N) is 1. The average Bonchev–Trinajstić information content (AvgIpc) is 2.75. The van der Waals surface area contributed by atoms with Crippen LogP contribution in [0.15, 0.2) is 36.4 Å². The van der Waals surface area contributed by atoms with Crippen molar-refractivity contribution in [2.75, 3.05) is 13.2 Å². The van der Waals surface area contributed by atoms with Crippen LogP contribution in [0.3, 0.4) is 0 Å².